The smallest absolute Gasteiger partial charge is 0.322 e. The van der Waals surface area contributed by atoms with Crippen LogP contribution in [0.4, 0.5) is 0 Å². The Hall–Kier alpha value is -2.87. The van der Waals surface area contributed by atoms with Gasteiger partial charge in [0.1, 0.15) is 17.2 Å². The third-order valence-corrected chi connectivity index (χ3v) is 7.72. The van der Waals surface area contributed by atoms with E-state index in [4.69, 9.17) is 16.0 Å². The number of benzene rings is 3. The van der Waals surface area contributed by atoms with Crippen LogP contribution in [0, 0.1) is 0 Å². The van der Waals surface area contributed by atoms with E-state index in [-0.39, 0.29) is 11.3 Å². The van der Waals surface area contributed by atoms with Crippen molar-refractivity contribution in [2.75, 3.05) is 7.05 Å². The molecule has 0 amide bonds. The first-order chi connectivity index (χ1) is 15.3. The summed E-state index contributed by atoms with van der Waals surface area (Å²) in [6, 6.07) is 18.1. The summed E-state index contributed by atoms with van der Waals surface area (Å²) in [5.41, 5.74) is 2.25. The van der Waals surface area contributed by atoms with Crippen LogP contribution in [0.15, 0.2) is 76.0 Å². The minimum absolute atomic E-state index is 0.0306. The molecule has 1 N–H and O–H groups in total. The average Bonchev–Trinajstić information content (AvgIpc) is 3.15. The van der Waals surface area contributed by atoms with E-state index in [1.165, 1.54) is 13.1 Å². The standard InChI is InChI=1S/C24H22ClNO5S/c1-26(21(24(27)28)7-4-5-16-9-11-17(25)12-10-16)32(29,30)18-13-14-23-20(15-18)19-6-2-3-8-22(19)31-23/h2-3,6,8-15,21H,4-5,7H2,1H3,(H,27,28). The van der Waals surface area contributed by atoms with Gasteiger partial charge in [-0.1, -0.05) is 41.9 Å². The largest absolute Gasteiger partial charge is 0.480 e. The molecule has 0 spiro atoms. The Kier molecular flexibility index (Phi) is 6.24. The number of aryl methyl sites for hydroxylation is 1. The first-order valence-corrected chi connectivity index (χ1v) is 12.0. The maximum atomic E-state index is 13.3. The molecule has 1 unspecified atom stereocenters. The van der Waals surface area contributed by atoms with E-state index in [0.29, 0.717) is 34.4 Å². The van der Waals surface area contributed by atoms with Gasteiger partial charge in [0, 0.05) is 22.8 Å². The molecule has 0 saturated carbocycles. The normalized spacial score (nSPS) is 13.1. The lowest BCUT2D eigenvalue weighted by atomic mass is 10.0. The SMILES string of the molecule is CN(C(CCCc1ccc(Cl)cc1)C(=O)O)S(=O)(=O)c1ccc2oc3ccccc3c2c1. The van der Waals surface area contributed by atoms with Gasteiger partial charge in [0.15, 0.2) is 0 Å². The van der Waals surface area contributed by atoms with E-state index in [1.54, 1.807) is 24.3 Å². The molecule has 0 radical (unpaired) electrons. The number of halogens is 1. The number of sulfonamides is 1. The number of carboxylic acids is 1. The summed E-state index contributed by atoms with van der Waals surface area (Å²) < 4.78 is 33.2. The third kappa shape index (κ3) is 4.37. The Bertz CT molecular complexity index is 1380. The molecule has 32 heavy (non-hydrogen) atoms. The lowest BCUT2D eigenvalue weighted by Gasteiger charge is -2.24. The molecular weight excluding hydrogens is 450 g/mol. The van der Waals surface area contributed by atoms with Crippen LogP contribution in [0.5, 0.6) is 0 Å². The Morgan fingerprint density at radius 1 is 1.03 bits per heavy atom. The number of nitrogens with zero attached hydrogens (tertiary/aromatic N) is 1. The van der Waals surface area contributed by atoms with Crippen LogP contribution in [0.1, 0.15) is 18.4 Å². The van der Waals surface area contributed by atoms with Gasteiger partial charge in [-0.2, -0.15) is 4.31 Å². The third-order valence-electron chi connectivity index (χ3n) is 5.61. The first-order valence-electron chi connectivity index (χ1n) is 10.1. The molecule has 0 bridgehead atoms. The topological polar surface area (TPSA) is 87.8 Å². The second-order valence-corrected chi connectivity index (χ2v) is 10.1. The van der Waals surface area contributed by atoms with Crippen LogP contribution in [-0.2, 0) is 21.2 Å². The average molecular weight is 472 g/mol. The summed E-state index contributed by atoms with van der Waals surface area (Å²) >= 11 is 5.89. The number of aliphatic carboxylic acids is 1. The zero-order valence-corrected chi connectivity index (χ0v) is 18.9. The van der Waals surface area contributed by atoms with Crippen LogP contribution < -0.4 is 0 Å². The Morgan fingerprint density at radius 2 is 1.72 bits per heavy atom. The van der Waals surface area contributed by atoms with Gasteiger partial charge in [0.25, 0.3) is 0 Å². The van der Waals surface area contributed by atoms with E-state index in [1.807, 2.05) is 36.4 Å². The molecule has 8 heteroatoms. The number of fused-ring (bicyclic) bond motifs is 3. The zero-order chi connectivity index (χ0) is 22.9. The maximum absolute atomic E-state index is 13.3. The quantitative estimate of drug-likeness (QED) is 0.375. The lowest BCUT2D eigenvalue weighted by molar-refractivity contribution is -0.141. The van der Waals surface area contributed by atoms with E-state index in [2.05, 4.69) is 0 Å². The summed E-state index contributed by atoms with van der Waals surface area (Å²) in [4.78, 5) is 11.9. The second-order valence-electron chi connectivity index (χ2n) is 7.65. The number of carbonyl (C=O) groups is 1. The van der Waals surface area contributed by atoms with Crippen LogP contribution in [0.25, 0.3) is 21.9 Å². The van der Waals surface area contributed by atoms with Gasteiger partial charge in [-0.3, -0.25) is 4.79 Å². The van der Waals surface area contributed by atoms with Crippen LogP contribution in [0.2, 0.25) is 5.02 Å². The van der Waals surface area contributed by atoms with E-state index in [0.717, 1.165) is 15.3 Å². The fourth-order valence-corrected chi connectivity index (χ4v) is 5.31. The number of furan rings is 1. The molecular formula is C24H22ClNO5S. The molecule has 0 aliphatic rings. The van der Waals surface area contributed by atoms with Crippen molar-refractivity contribution in [3.8, 4) is 0 Å². The van der Waals surface area contributed by atoms with Gasteiger partial charge >= 0.3 is 5.97 Å². The zero-order valence-electron chi connectivity index (χ0n) is 17.4. The minimum atomic E-state index is -4.03. The highest BCUT2D eigenvalue weighted by Crippen LogP contribution is 2.31. The Balaban J connectivity index is 1.57. The minimum Gasteiger partial charge on any atom is -0.480 e. The molecule has 0 saturated heterocycles. The number of para-hydroxylation sites is 1. The Morgan fingerprint density at radius 3 is 2.44 bits per heavy atom. The lowest BCUT2D eigenvalue weighted by Crippen LogP contribution is -2.42. The van der Waals surface area contributed by atoms with Gasteiger partial charge in [-0.15, -0.1) is 0 Å². The Labute approximate surface area is 191 Å². The first kappa shape index (κ1) is 22.3. The fraction of sp³-hybridized carbons (Fsp3) is 0.208. The number of carboxylic acid groups (broad SMARTS) is 1. The predicted molar refractivity (Wildman–Crippen MR) is 124 cm³/mol. The number of rotatable bonds is 8. The van der Waals surface area contributed by atoms with Crippen LogP contribution in [0.3, 0.4) is 0 Å². The van der Waals surface area contributed by atoms with Crippen molar-refractivity contribution in [1.82, 2.24) is 4.31 Å². The number of likely N-dealkylation sites (N-methyl/N-ethyl adjacent to an activating group) is 1. The molecule has 166 valence electrons. The molecule has 1 heterocycles. The molecule has 1 atom stereocenters. The molecule has 3 aromatic carbocycles. The summed E-state index contributed by atoms with van der Waals surface area (Å²) in [7, 11) is -2.71. The predicted octanol–water partition coefficient (Wildman–Crippen LogP) is 5.34. The van der Waals surface area contributed by atoms with Crippen molar-refractivity contribution >= 4 is 49.5 Å². The molecule has 0 aliphatic carbocycles. The number of hydrogen-bond donors (Lipinski definition) is 1. The fourth-order valence-electron chi connectivity index (χ4n) is 3.81. The van der Waals surface area contributed by atoms with E-state index < -0.39 is 22.0 Å². The van der Waals surface area contributed by atoms with Crippen molar-refractivity contribution in [2.45, 2.75) is 30.2 Å². The van der Waals surface area contributed by atoms with Crippen molar-refractivity contribution in [2.24, 2.45) is 0 Å². The van der Waals surface area contributed by atoms with Gasteiger partial charge < -0.3 is 9.52 Å². The summed E-state index contributed by atoms with van der Waals surface area (Å²) in [5, 5.41) is 11.8. The highest BCUT2D eigenvalue weighted by atomic mass is 35.5. The highest BCUT2D eigenvalue weighted by Gasteiger charge is 2.32. The highest BCUT2D eigenvalue weighted by molar-refractivity contribution is 7.89. The molecule has 1 aromatic heterocycles. The molecule has 4 rings (SSSR count). The van der Waals surface area contributed by atoms with Gasteiger partial charge in [-0.25, -0.2) is 8.42 Å². The summed E-state index contributed by atoms with van der Waals surface area (Å²) in [6.45, 7) is 0. The van der Waals surface area contributed by atoms with Gasteiger partial charge in [0.05, 0.1) is 4.90 Å². The number of hydrogen-bond acceptors (Lipinski definition) is 4. The maximum Gasteiger partial charge on any atom is 0.322 e. The summed E-state index contributed by atoms with van der Waals surface area (Å²) in [6.07, 6.45) is 1.33. The summed E-state index contributed by atoms with van der Waals surface area (Å²) in [5.74, 6) is -1.18. The van der Waals surface area contributed by atoms with Crippen LogP contribution in [-0.4, -0.2) is 36.9 Å². The molecule has 0 fully saturated rings. The molecule has 6 nitrogen and oxygen atoms in total. The molecule has 4 aromatic rings. The van der Waals surface area contributed by atoms with Crippen molar-refractivity contribution in [3.05, 3.63) is 77.3 Å². The van der Waals surface area contributed by atoms with Gasteiger partial charge in [0.2, 0.25) is 10.0 Å². The second kappa shape index (κ2) is 8.94. The van der Waals surface area contributed by atoms with Crippen molar-refractivity contribution in [3.63, 3.8) is 0 Å². The molecule has 0 aliphatic heterocycles. The van der Waals surface area contributed by atoms with Crippen LogP contribution >= 0.6 is 11.6 Å². The van der Waals surface area contributed by atoms with Crippen molar-refractivity contribution < 1.29 is 22.7 Å². The van der Waals surface area contributed by atoms with E-state index >= 15 is 0 Å². The monoisotopic (exact) mass is 471 g/mol. The van der Waals surface area contributed by atoms with Crippen molar-refractivity contribution in [1.29, 1.82) is 0 Å². The van der Waals surface area contributed by atoms with E-state index in [9.17, 15) is 18.3 Å². The van der Waals surface area contributed by atoms with Gasteiger partial charge in [-0.05, 0) is 61.2 Å².